The van der Waals surface area contributed by atoms with Crippen molar-refractivity contribution in [3.63, 3.8) is 0 Å². The van der Waals surface area contributed by atoms with Crippen molar-refractivity contribution in [2.24, 2.45) is 13.0 Å². The minimum atomic E-state index is -0.0824. The van der Waals surface area contributed by atoms with E-state index in [1.54, 1.807) is 22.5 Å². The highest BCUT2D eigenvalue weighted by atomic mass is 32.2. The Kier molecular flexibility index (Phi) is 5.88. The van der Waals surface area contributed by atoms with Crippen LogP contribution in [0.15, 0.2) is 67.0 Å². The van der Waals surface area contributed by atoms with E-state index in [1.807, 2.05) is 54.2 Å². The molecule has 3 aromatic heterocycles. The Morgan fingerprint density at radius 2 is 1.92 bits per heavy atom. The number of aromatic nitrogens is 4. The largest absolute Gasteiger partial charge is 0.350 e. The van der Waals surface area contributed by atoms with Gasteiger partial charge in [0.05, 0.1) is 17.5 Å². The third kappa shape index (κ3) is 4.57. The summed E-state index contributed by atoms with van der Waals surface area (Å²) < 4.78 is 3.67. The fourth-order valence-electron chi connectivity index (χ4n) is 5.29. The van der Waals surface area contributed by atoms with Crippen LogP contribution >= 0.6 is 11.8 Å². The van der Waals surface area contributed by atoms with Crippen molar-refractivity contribution in [2.45, 2.75) is 31.1 Å². The lowest BCUT2D eigenvalue weighted by Crippen LogP contribution is -2.27. The molecule has 2 amide bonds. The summed E-state index contributed by atoms with van der Waals surface area (Å²) in [5.41, 5.74) is 6.44. The van der Waals surface area contributed by atoms with Crippen LogP contribution < -0.4 is 10.6 Å². The zero-order valence-corrected chi connectivity index (χ0v) is 22.4. The third-order valence-electron chi connectivity index (χ3n) is 7.52. The van der Waals surface area contributed by atoms with Crippen LogP contribution in [-0.4, -0.2) is 36.7 Å². The van der Waals surface area contributed by atoms with Crippen molar-refractivity contribution in [3.05, 3.63) is 83.7 Å². The van der Waals surface area contributed by atoms with E-state index in [1.165, 1.54) is 11.1 Å². The summed E-state index contributed by atoms with van der Waals surface area (Å²) in [6.07, 6.45) is 7.66. The minimum Gasteiger partial charge on any atom is -0.350 e. The van der Waals surface area contributed by atoms with E-state index in [9.17, 15) is 9.59 Å². The number of rotatable bonds is 5. The molecule has 0 saturated heterocycles. The van der Waals surface area contributed by atoms with Crippen LogP contribution in [0.5, 0.6) is 0 Å². The van der Waals surface area contributed by atoms with Crippen LogP contribution in [-0.2, 0) is 18.3 Å². The first-order valence-electron chi connectivity index (χ1n) is 13.3. The summed E-state index contributed by atoms with van der Waals surface area (Å²) in [5, 5.41) is 11.7. The normalized spacial score (nSPS) is 17.1. The van der Waals surface area contributed by atoms with Crippen LogP contribution in [0.4, 0.5) is 5.82 Å². The van der Waals surface area contributed by atoms with Crippen molar-refractivity contribution < 1.29 is 9.59 Å². The van der Waals surface area contributed by atoms with E-state index in [-0.39, 0.29) is 23.1 Å². The van der Waals surface area contributed by atoms with E-state index >= 15 is 0 Å². The van der Waals surface area contributed by atoms with E-state index in [0.29, 0.717) is 17.0 Å². The molecule has 196 valence electrons. The van der Waals surface area contributed by atoms with Gasteiger partial charge in [-0.25, -0.2) is 9.50 Å². The van der Waals surface area contributed by atoms with Crippen molar-refractivity contribution >= 4 is 45.9 Å². The quantitative estimate of drug-likeness (QED) is 0.316. The number of amides is 2. The number of hydrogen-bond acceptors (Lipinski definition) is 5. The van der Waals surface area contributed by atoms with Gasteiger partial charge in [-0.15, -0.1) is 11.8 Å². The lowest BCUT2D eigenvalue weighted by molar-refractivity contribution is -0.117. The average molecular weight is 537 g/mol. The van der Waals surface area contributed by atoms with Gasteiger partial charge in [-0.05, 0) is 66.8 Å². The van der Waals surface area contributed by atoms with Crippen LogP contribution in [0.25, 0.3) is 27.8 Å². The van der Waals surface area contributed by atoms with Crippen LogP contribution in [0, 0.1) is 5.92 Å². The highest BCUT2D eigenvalue weighted by molar-refractivity contribution is 7.99. The van der Waals surface area contributed by atoms with Gasteiger partial charge in [-0.1, -0.05) is 30.3 Å². The Morgan fingerprint density at radius 1 is 1.05 bits per heavy atom. The van der Waals surface area contributed by atoms with Gasteiger partial charge < -0.3 is 15.2 Å². The number of anilines is 1. The fourth-order valence-corrected chi connectivity index (χ4v) is 6.44. The number of thioether (sulfide) groups is 1. The zero-order valence-electron chi connectivity index (χ0n) is 21.6. The van der Waals surface area contributed by atoms with Crippen LogP contribution in [0.3, 0.4) is 0 Å². The molecule has 0 radical (unpaired) electrons. The molecule has 2 N–H and O–H groups in total. The highest BCUT2D eigenvalue weighted by Crippen LogP contribution is 2.35. The summed E-state index contributed by atoms with van der Waals surface area (Å²) in [6, 6.07) is 18.3. The maximum atomic E-state index is 13.6. The second-order valence-corrected chi connectivity index (χ2v) is 11.5. The predicted molar refractivity (Wildman–Crippen MR) is 154 cm³/mol. The molecule has 8 nitrogen and oxygen atoms in total. The molecule has 2 aromatic carbocycles. The highest BCUT2D eigenvalue weighted by Gasteiger charge is 2.30. The number of hydrogen-bond donors (Lipinski definition) is 2. The van der Waals surface area contributed by atoms with Crippen LogP contribution in [0.2, 0.25) is 0 Å². The molecule has 0 unspecified atom stereocenters. The Labute approximate surface area is 229 Å². The predicted octanol–water partition coefficient (Wildman–Crippen LogP) is 5.34. The van der Waals surface area contributed by atoms with E-state index in [2.05, 4.69) is 33.8 Å². The lowest BCUT2D eigenvalue weighted by Gasteiger charge is -2.18. The molecule has 1 aliphatic carbocycles. The lowest BCUT2D eigenvalue weighted by atomic mass is 10.0. The molecule has 1 fully saturated rings. The Morgan fingerprint density at radius 3 is 2.79 bits per heavy atom. The molecular weight excluding hydrogens is 508 g/mol. The van der Waals surface area contributed by atoms with E-state index in [0.717, 1.165) is 53.6 Å². The van der Waals surface area contributed by atoms with Gasteiger partial charge in [0.25, 0.3) is 5.91 Å². The number of fused-ring (bicyclic) bond motifs is 3. The van der Waals surface area contributed by atoms with Crippen LogP contribution in [0.1, 0.15) is 46.1 Å². The number of carbonyl (C=O) groups is 2. The Balaban J connectivity index is 1.19. The minimum absolute atomic E-state index is 0.0182. The zero-order chi connectivity index (χ0) is 26.5. The third-order valence-corrected chi connectivity index (χ3v) is 8.75. The number of nitrogens with one attached hydrogen (secondary N) is 2. The molecule has 1 saturated carbocycles. The maximum absolute atomic E-state index is 13.6. The van der Waals surface area contributed by atoms with Gasteiger partial charge in [-0.2, -0.15) is 5.10 Å². The molecule has 0 bridgehead atoms. The fraction of sp³-hybridized carbons (Fsp3) is 0.267. The smallest absolute Gasteiger partial charge is 0.254 e. The summed E-state index contributed by atoms with van der Waals surface area (Å²) in [6.45, 7) is 0. The molecule has 1 aliphatic heterocycles. The first-order chi connectivity index (χ1) is 19.0. The molecule has 0 spiro atoms. The maximum Gasteiger partial charge on any atom is 0.254 e. The standard InChI is InChI=1S/C30H28N6O2S/c1-35-16-23(29(38)33-30-21-7-3-2-5-18(21)6-4-14-39-30)22-15-20(10-12-25(22)35)24-11-13-27-31-26(17-36(27)34-24)32-28(37)19-8-9-19/h2-3,5,7,10-13,15-17,19,30H,4,6,8-9,14H2,1H3,(H,32,37)(H,33,38)/t30-/m0/s1. The molecule has 4 heterocycles. The van der Waals surface area contributed by atoms with Gasteiger partial charge >= 0.3 is 0 Å². The molecule has 39 heavy (non-hydrogen) atoms. The number of benzene rings is 2. The summed E-state index contributed by atoms with van der Waals surface area (Å²) in [7, 11) is 1.96. The van der Waals surface area contributed by atoms with Gasteiger partial charge in [0.2, 0.25) is 5.91 Å². The molecule has 7 rings (SSSR count). The summed E-state index contributed by atoms with van der Waals surface area (Å²) in [5.74, 6) is 1.56. The topological polar surface area (TPSA) is 93.3 Å². The monoisotopic (exact) mass is 536 g/mol. The van der Waals surface area contributed by atoms with E-state index < -0.39 is 0 Å². The number of nitrogens with zero attached hydrogens (tertiary/aromatic N) is 4. The van der Waals surface area contributed by atoms with Gasteiger partial charge in [0.1, 0.15) is 5.37 Å². The van der Waals surface area contributed by atoms with Crippen molar-refractivity contribution in [3.8, 4) is 11.3 Å². The molecular formula is C30H28N6O2S. The van der Waals surface area contributed by atoms with Crippen molar-refractivity contribution in [1.29, 1.82) is 0 Å². The first-order valence-corrected chi connectivity index (χ1v) is 14.4. The first kappa shape index (κ1) is 24.0. The molecule has 2 aliphatic rings. The average Bonchev–Trinajstić information content (AvgIpc) is 3.69. The molecule has 5 aromatic rings. The van der Waals surface area contributed by atoms with Crippen molar-refractivity contribution in [2.75, 3.05) is 11.1 Å². The second kappa shape index (κ2) is 9.57. The Hall–Kier alpha value is -4.11. The molecule has 9 heteroatoms. The van der Waals surface area contributed by atoms with Gasteiger partial charge in [-0.3, -0.25) is 9.59 Å². The SMILES string of the molecule is Cn1cc(C(=O)N[C@H]2SCCCc3ccccc32)c2cc(-c3ccc4nc(NC(=O)C5CC5)cn4n3)ccc21. The Bertz CT molecular complexity index is 1750. The number of carbonyl (C=O) groups excluding carboxylic acids is 2. The summed E-state index contributed by atoms with van der Waals surface area (Å²) in [4.78, 5) is 30.2. The van der Waals surface area contributed by atoms with Gasteiger partial charge in [0, 0.05) is 35.6 Å². The van der Waals surface area contributed by atoms with E-state index in [4.69, 9.17) is 5.10 Å². The number of aryl methyl sites for hydroxylation is 2. The van der Waals surface area contributed by atoms with Gasteiger partial charge in [0.15, 0.2) is 11.5 Å². The summed E-state index contributed by atoms with van der Waals surface area (Å²) >= 11 is 1.79. The molecule has 1 atom stereocenters. The van der Waals surface area contributed by atoms with Crippen molar-refractivity contribution in [1.82, 2.24) is 24.5 Å². The second-order valence-electron chi connectivity index (χ2n) is 10.3. The number of imidazole rings is 1.